The molecule has 0 aliphatic rings. The molecule has 0 bridgehead atoms. The molecule has 0 aliphatic carbocycles. The minimum absolute atomic E-state index is 0.238. The fraction of sp³-hybridized carbons (Fsp3) is 0.143. The first kappa shape index (κ1) is 13.5. The SMILES string of the molecule is NC(Cc1ccc(Br)cc1F)c1ccc(Cl)cc1. The summed E-state index contributed by atoms with van der Waals surface area (Å²) in [7, 11) is 0. The molecule has 0 saturated heterocycles. The summed E-state index contributed by atoms with van der Waals surface area (Å²) in [6.45, 7) is 0. The maximum Gasteiger partial charge on any atom is 0.127 e. The lowest BCUT2D eigenvalue weighted by atomic mass is 9.99. The van der Waals surface area contributed by atoms with E-state index in [0.717, 1.165) is 10.0 Å². The normalized spacial score (nSPS) is 12.4. The zero-order valence-electron chi connectivity index (χ0n) is 9.54. The van der Waals surface area contributed by atoms with Crippen molar-refractivity contribution in [3.63, 3.8) is 0 Å². The van der Waals surface area contributed by atoms with Crippen molar-refractivity contribution in [1.29, 1.82) is 0 Å². The average molecular weight is 329 g/mol. The van der Waals surface area contributed by atoms with Crippen LogP contribution in [-0.2, 0) is 6.42 Å². The van der Waals surface area contributed by atoms with Crippen molar-refractivity contribution in [2.75, 3.05) is 0 Å². The first-order valence-corrected chi connectivity index (χ1v) is 6.68. The summed E-state index contributed by atoms with van der Waals surface area (Å²) in [5.74, 6) is -0.242. The van der Waals surface area contributed by atoms with E-state index in [1.54, 1.807) is 18.2 Å². The van der Waals surface area contributed by atoms with Crippen LogP contribution in [0.5, 0.6) is 0 Å². The molecule has 0 aliphatic heterocycles. The molecule has 1 nitrogen and oxygen atoms in total. The van der Waals surface area contributed by atoms with E-state index >= 15 is 0 Å². The largest absolute Gasteiger partial charge is 0.324 e. The smallest absolute Gasteiger partial charge is 0.127 e. The molecule has 2 N–H and O–H groups in total. The second-order valence-electron chi connectivity index (χ2n) is 4.10. The van der Waals surface area contributed by atoms with Crippen LogP contribution < -0.4 is 5.73 Å². The van der Waals surface area contributed by atoms with Gasteiger partial charge in [0.05, 0.1) is 0 Å². The highest BCUT2D eigenvalue weighted by molar-refractivity contribution is 9.10. The van der Waals surface area contributed by atoms with E-state index in [-0.39, 0.29) is 11.9 Å². The van der Waals surface area contributed by atoms with E-state index in [9.17, 15) is 4.39 Å². The van der Waals surface area contributed by atoms with E-state index in [0.29, 0.717) is 17.0 Å². The highest BCUT2D eigenvalue weighted by Crippen LogP contribution is 2.22. The van der Waals surface area contributed by atoms with Crippen LogP contribution in [0, 0.1) is 5.82 Å². The maximum absolute atomic E-state index is 13.7. The first-order chi connectivity index (χ1) is 8.56. The lowest BCUT2D eigenvalue weighted by molar-refractivity contribution is 0.592. The summed E-state index contributed by atoms with van der Waals surface area (Å²) < 4.78 is 14.4. The minimum Gasteiger partial charge on any atom is -0.324 e. The summed E-state index contributed by atoms with van der Waals surface area (Å²) in [5.41, 5.74) is 7.62. The van der Waals surface area contributed by atoms with Gasteiger partial charge < -0.3 is 5.73 Å². The van der Waals surface area contributed by atoms with Gasteiger partial charge in [-0.2, -0.15) is 0 Å². The molecule has 0 amide bonds. The molecule has 0 fully saturated rings. The molecule has 18 heavy (non-hydrogen) atoms. The van der Waals surface area contributed by atoms with Gasteiger partial charge in [-0.15, -0.1) is 0 Å². The molecule has 4 heteroatoms. The van der Waals surface area contributed by atoms with Crippen molar-refractivity contribution < 1.29 is 4.39 Å². The summed E-state index contributed by atoms with van der Waals surface area (Å²) >= 11 is 9.04. The predicted octanol–water partition coefficient (Wildman–Crippen LogP) is 4.48. The lowest BCUT2D eigenvalue weighted by Gasteiger charge is -2.13. The molecule has 1 unspecified atom stereocenters. The molecule has 2 rings (SSSR count). The molecule has 94 valence electrons. The fourth-order valence-corrected chi connectivity index (χ4v) is 2.21. The van der Waals surface area contributed by atoms with Gasteiger partial charge in [0.15, 0.2) is 0 Å². The highest BCUT2D eigenvalue weighted by Gasteiger charge is 2.10. The van der Waals surface area contributed by atoms with Crippen molar-refractivity contribution in [1.82, 2.24) is 0 Å². The molecule has 2 aromatic rings. The molecule has 0 heterocycles. The topological polar surface area (TPSA) is 26.0 Å². The number of rotatable bonds is 3. The van der Waals surface area contributed by atoms with E-state index in [1.165, 1.54) is 6.07 Å². The zero-order chi connectivity index (χ0) is 13.1. The van der Waals surface area contributed by atoms with Gasteiger partial charge in [0.1, 0.15) is 5.82 Å². The minimum atomic E-state index is -0.242. The van der Waals surface area contributed by atoms with Crippen molar-refractivity contribution in [3.8, 4) is 0 Å². The molecule has 0 radical (unpaired) electrons. The van der Waals surface area contributed by atoms with Gasteiger partial charge in [-0.1, -0.05) is 45.7 Å². The zero-order valence-corrected chi connectivity index (χ0v) is 11.9. The fourth-order valence-electron chi connectivity index (χ4n) is 1.75. The molecular weight excluding hydrogens is 317 g/mol. The van der Waals surface area contributed by atoms with Crippen LogP contribution in [0.1, 0.15) is 17.2 Å². The van der Waals surface area contributed by atoms with Crippen LogP contribution >= 0.6 is 27.5 Å². The van der Waals surface area contributed by atoms with Crippen molar-refractivity contribution in [3.05, 3.63) is 68.9 Å². The van der Waals surface area contributed by atoms with Gasteiger partial charge in [0.25, 0.3) is 0 Å². The number of nitrogens with two attached hydrogens (primary N) is 1. The van der Waals surface area contributed by atoms with Gasteiger partial charge >= 0.3 is 0 Å². The summed E-state index contributed by atoms with van der Waals surface area (Å²) in [5, 5.41) is 0.667. The third kappa shape index (κ3) is 3.31. The number of benzene rings is 2. The number of halogens is 3. The van der Waals surface area contributed by atoms with Crippen molar-refractivity contribution in [2.24, 2.45) is 5.73 Å². The summed E-state index contributed by atoms with van der Waals surface area (Å²) in [6.07, 6.45) is 0.459. The van der Waals surface area contributed by atoms with E-state index < -0.39 is 0 Å². The molecule has 0 saturated carbocycles. The standard InChI is InChI=1S/C14H12BrClFN/c15-11-4-1-10(13(17)8-11)7-14(18)9-2-5-12(16)6-3-9/h1-6,8,14H,7,18H2. The maximum atomic E-state index is 13.7. The summed E-state index contributed by atoms with van der Waals surface area (Å²) in [6, 6.07) is 12.1. The Kier molecular flexibility index (Phi) is 4.38. The van der Waals surface area contributed by atoms with Crippen LogP contribution in [0.2, 0.25) is 5.02 Å². The van der Waals surface area contributed by atoms with Crippen LogP contribution in [0.15, 0.2) is 46.9 Å². The second-order valence-corrected chi connectivity index (χ2v) is 5.45. The number of hydrogen-bond acceptors (Lipinski definition) is 1. The van der Waals surface area contributed by atoms with Gasteiger partial charge in [-0.05, 0) is 41.8 Å². The quantitative estimate of drug-likeness (QED) is 0.883. The van der Waals surface area contributed by atoms with E-state index in [1.807, 2.05) is 18.2 Å². The van der Waals surface area contributed by atoms with Crippen LogP contribution in [0.25, 0.3) is 0 Å². The molecular formula is C14H12BrClFN. The van der Waals surface area contributed by atoms with Gasteiger partial charge in [0, 0.05) is 15.5 Å². The first-order valence-electron chi connectivity index (χ1n) is 5.51. The summed E-state index contributed by atoms with van der Waals surface area (Å²) in [4.78, 5) is 0. The molecule has 1 atom stereocenters. The number of hydrogen-bond donors (Lipinski definition) is 1. The Balaban J connectivity index is 2.15. The Morgan fingerprint density at radius 3 is 2.44 bits per heavy atom. The third-order valence-electron chi connectivity index (χ3n) is 2.75. The Bertz CT molecular complexity index is 542. The monoisotopic (exact) mass is 327 g/mol. The molecule has 2 aromatic carbocycles. The Morgan fingerprint density at radius 2 is 1.83 bits per heavy atom. The van der Waals surface area contributed by atoms with Crippen molar-refractivity contribution in [2.45, 2.75) is 12.5 Å². The molecule has 0 spiro atoms. The third-order valence-corrected chi connectivity index (χ3v) is 3.50. The molecule has 0 aromatic heterocycles. The second kappa shape index (κ2) is 5.83. The van der Waals surface area contributed by atoms with Crippen molar-refractivity contribution >= 4 is 27.5 Å². The van der Waals surface area contributed by atoms with E-state index in [2.05, 4.69) is 15.9 Å². The Hall–Kier alpha value is -0.900. The van der Waals surface area contributed by atoms with Gasteiger partial charge in [0.2, 0.25) is 0 Å². The van der Waals surface area contributed by atoms with E-state index in [4.69, 9.17) is 17.3 Å². The Morgan fingerprint density at radius 1 is 1.17 bits per heavy atom. The van der Waals surface area contributed by atoms with Crippen LogP contribution in [0.3, 0.4) is 0 Å². The van der Waals surface area contributed by atoms with Crippen LogP contribution in [-0.4, -0.2) is 0 Å². The van der Waals surface area contributed by atoms with Gasteiger partial charge in [-0.3, -0.25) is 0 Å². The lowest BCUT2D eigenvalue weighted by Crippen LogP contribution is -2.14. The Labute approximate surface area is 119 Å². The van der Waals surface area contributed by atoms with Crippen LogP contribution in [0.4, 0.5) is 4.39 Å². The highest BCUT2D eigenvalue weighted by atomic mass is 79.9. The van der Waals surface area contributed by atoms with Gasteiger partial charge in [-0.25, -0.2) is 4.39 Å². The predicted molar refractivity (Wildman–Crippen MR) is 76.2 cm³/mol. The average Bonchev–Trinajstić information content (AvgIpc) is 2.33.